The van der Waals surface area contributed by atoms with Gasteiger partial charge in [0.2, 0.25) is 0 Å². The van der Waals surface area contributed by atoms with E-state index < -0.39 is 5.60 Å². The summed E-state index contributed by atoms with van der Waals surface area (Å²) >= 11 is 1.65. The van der Waals surface area contributed by atoms with Crippen molar-refractivity contribution in [2.75, 3.05) is 25.4 Å². The van der Waals surface area contributed by atoms with Crippen LogP contribution in [0.4, 0.5) is 4.79 Å². The lowest BCUT2D eigenvalue weighted by Crippen LogP contribution is -2.42. The highest BCUT2D eigenvalue weighted by atomic mass is 32.2. The van der Waals surface area contributed by atoms with Crippen LogP contribution in [-0.4, -0.2) is 59.1 Å². The van der Waals surface area contributed by atoms with Gasteiger partial charge >= 0.3 is 12.1 Å². The number of hydrogen-bond acceptors (Lipinski definition) is 6. The molecule has 6 nitrogen and oxygen atoms in total. The van der Waals surface area contributed by atoms with Crippen LogP contribution < -0.4 is 0 Å². The first-order valence-electron chi connectivity index (χ1n) is 8.15. The molecule has 0 spiro atoms. The van der Waals surface area contributed by atoms with Gasteiger partial charge in [-0.05, 0) is 40.5 Å². The Kier molecular flexibility index (Phi) is 5.95. The van der Waals surface area contributed by atoms with E-state index in [1.807, 2.05) is 20.8 Å². The summed E-state index contributed by atoms with van der Waals surface area (Å²) in [7, 11) is 0. The Morgan fingerprint density at radius 1 is 1.30 bits per heavy atom. The molecule has 1 atom stereocenters. The molecular weight excluding hydrogens is 316 g/mol. The fourth-order valence-electron chi connectivity index (χ4n) is 2.61. The van der Waals surface area contributed by atoms with Gasteiger partial charge < -0.3 is 14.4 Å². The summed E-state index contributed by atoms with van der Waals surface area (Å²) in [6.07, 6.45) is 1.47. The molecule has 0 aliphatic carbocycles. The number of carbonyl (C=O) groups is 2. The highest BCUT2D eigenvalue weighted by Gasteiger charge is 2.33. The number of nitrogens with zero attached hydrogens (tertiary/aromatic N) is 2. The first kappa shape index (κ1) is 18.1. The van der Waals surface area contributed by atoms with E-state index in [1.165, 1.54) is 0 Å². The van der Waals surface area contributed by atoms with E-state index in [9.17, 15) is 9.59 Å². The normalized spacial score (nSPS) is 22.7. The summed E-state index contributed by atoms with van der Waals surface area (Å²) in [6, 6.07) is -0.362. The quantitative estimate of drug-likeness (QED) is 0.738. The maximum absolute atomic E-state index is 12.1. The molecule has 0 aromatic carbocycles. The van der Waals surface area contributed by atoms with Crippen LogP contribution in [0.3, 0.4) is 0 Å². The number of thioether (sulfide) groups is 1. The van der Waals surface area contributed by atoms with E-state index in [1.54, 1.807) is 23.6 Å². The smallest absolute Gasteiger partial charge is 0.410 e. The Morgan fingerprint density at radius 2 is 1.96 bits per heavy atom. The van der Waals surface area contributed by atoms with Crippen molar-refractivity contribution >= 4 is 28.9 Å². The summed E-state index contributed by atoms with van der Waals surface area (Å²) in [5, 5.41) is 1.03. The van der Waals surface area contributed by atoms with Gasteiger partial charge in [0.1, 0.15) is 5.60 Å². The summed E-state index contributed by atoms with van der Waals surface area (Å²) in [6.45, 7) is 9.15. The van der Waals surface area contributed by atoms with E-state index >= 15 is 0 Å². The molecule has 2 aliphatic rings. The van der Waals surface area contributed by atoms with Crippen LogP contribution in [0.2, 0.25) is 0 Å². The van der Waals surface area contributed by atoms with E-state index in [0.29, 0.717) is 31.4 Å². The summed E-state index contributed by atoms with van der Waals surface area (Å²) in [5.41, 5.74) is -0.466. The Hall–Kier alpha value is -1.24. The van der Waals surface area contributed by atoms with Gasteiger partial charge in [-0.2, -0.15) is 0 Å². The number of ether oxygens (including phenoxy) is 2. The van der Waals surface area contributed by atoms with Crippen molar-refractivity contribution in [3.8, 4) is 0 Å². The standard InChI is InChI=1S/C16H26N2O4S/c1-5-21-14(19)12-10-23-13(17-12)11-6-8-18(9-7-11)15(20)22-16(2,3)4/h11-12H,5-10H2,1-4H3. The van der Waals surface area contributed by atoms with Crippen molar-refractivity contribution in [3.05, 3.63) is 0 Å². The molecule has 0 radical (unpaired) electrons. The van der Waals surface area contributed by atoms with E-state index in [-0.39, 0.29) is 18.1 Å². The molecule has 0 bridgehead atoms. The fourth-order valence-corrected chi connectivity index (χ4v) is 3.82. The van der Waals surface area contributed by atoms with Crippen LogP contribution in [0.15, 0.2) is 4.99 Å². The van der Waals surface area contributed by atoms with Crippen molar-refractivity contribution in [1.29, 1.82) is 0 Å². The number of amides is 1. The lowest BCUT2D eigenvalue weighted by molar-refractivity contribution is -0.143. The molecule has 2 aliphatic heterocycles. The first-order chi connectivity index (χ1) is 10.8. The molecule has 1 amide bonds. The number of aliphatic imine (C=N–C) groups is 1. The Morgan fingerprint density at radius 3 is 2.52 bits per heavy atom. The third-order valence-corrected chi connectivity index (χ3v) is 4.94. The largest absolute Gasteiger partial charge is 0.464 e. The number of piperidine rings is 1. The van der Waals surface area contributed by atoms with E-state index in [0.717, 1.165) is 17.9 Å². The van der Waals surface area contributed by atoms with Gasteiger partial charge in [-0.1, -0.05) is 0 Å². The molecule has 0 N–H and O–H groups in total. The molecule has 1 unspecified atom stereocenters. The number of esters is 1. The second kappa shape index (κ2) is 7.55. The van der Waals surface area contributed by atoms with Gasteiger partial charge in [-0.3, -0.25) is 4.99 Å². The maximum atomic E-state index is 12.1. The molecule has 1 fully saturated rings. The van der Waals surface area contributed by atoms with Crippen LogP contribution in [0, 0.1) is 5.92 Å². The third kappa shape index (κ3) is 5.12. The van der Waals surface area contributed by atoms with Crippen LogP contribution in [0.25, 0.3) is 0 Å². The lowest BCUT2D eigenvalue weighted by Gasteiger charge is -2.33. The minimum Gasteiger partial charge on any atom is -0.464 e. The predicted octanol–water partition coefficient (Wildman–Crippen LogP) is 2.71. The highest BCUT2D eigenvalue weighted by Crippen LogP contribution is 2.30. The first-order valence-corrected chi connectivity index (χ1v) is 9.13. The van der Waals surface area contributed by atoms with E-state index in [2.05, 4.69) is 4.99 Å². The zero-order valence-electron chi connectivity index (χ0n) is 14.3. The van der Waals surface area contributed by atoms with Crippen LogP contribution >= 0.6 is 11.8 Å². The summed E-state index contributed by atoms with van der Waals surface area (Å²) < 4.78 is 10.4. The third-order valence-electron chi connectivity index (χ3n) is 3.73. The number of likely N-dealkylation sites (tertiary alicyclic amines) is 1. The Labute approximate surface area is 142 Å². The lowest BCUT2D eigenvalue weighted by atomic mass is 9.98. The number of rotatable bonds is 3. The second-order valence-corrected chi connectivity index (χ2v) is 7.83. The van der Waals surface area contributed by atoms with Gasteiger partial charge in [0.15, 0.2) is 6.04 Å². The van der Waals surface area contributed by atoms with Crippen molar-refractivity contribution in [3.63, 3.8) is 0 Å². The highest BCUT2D eigenvalue weighted by molar-refractivity contribution is 8.14. The van der Waals surface area contributed by atoms with Crippen molar-refractivity contribution < 1.29 is 19.1 Å². The Balaban J connectivity index is 1.84. The van der Waals surface area contributed by atoms with Gasteiger partial charge in [0, 0.05) is 24.8 Å². The topological polar surface area (TPSA) is 68.2 Å². The van der Waals surface area contributed by atoms with Gasteiger partial charge in [-0.15, -0.1) is 11.8 Å². The molecule has 0 saturated carbocycles. The van der Waals surface area contributed by atoms with Gasteiger partial charge in [0.25, 0.3) is 0 Å². The van der Waals surface area contributed by atoms with Crippen molar-refractivity contribution in [1.82, 2.24) is 4.90 Å². The van der Waals surface area contributed by atoms with E-state index in [4.69, 9.17) is 9.47 Å². The van der Waals surface area contributed by atoms with Crippen LogP contribution in [-0.2, 0) is 14.3 Å². The second-order valence-electron chi connectivity index (χ2n) is 6.79. The molecule has 2 heterocycles. The molecule has 23 heavy (non-hydrogen) atoms. The molecular formula is C16H26N2O4S. The van der Waals surface area contributed by atoms with Gasteiger partial charge in [0.05, 0.1) is 11.7 Å². The maximum Gasteiger partial charge on any atom is 0.410 e. The minimum absolute atomic E-state index is 0.235. The molecule has 0 aromatic rings. The molecule has 7 heteroatoms. The Bertz CT molecular complexity index is 479. The van der Waals surface area contributed by atoms with Crippen molar-refractivity contribution in [2.24, 2.45) is 10.9 Å². The predicted molar refractivity (Wildman–Crippen MR) is 90.8 cm³/mol. The van der Waals surface area contributed by atoms with Gasteiger partial charge in [-0.25, -0.2) is 9.59 Å². The fraction of sp³-hybridized carbons (Fsp3) is 0.812. The SMILES string of the molecule is CCOC(=O)C1CSC(C2CCN(C(=O)OC(C)(C)C)CC2)=N1. The summed E-state index contributed by atoms with van der Waals surface area (Å²) in [4.78, 5) is 30.1. The molecule has 130 valence electrons. The molecule has 2 rings (SSSR count). The minimum atomic E-state index is -0.466. The monoisotopic (exact) mass is 342 g/mol. The van der Waals surface area contributed by atoms with Crippen LogP contribution in [0.5, 0.6) is 0 Å². The zero-order valence-corrected chi connectivity index (χ0v) is 15.1. The summed E-state index contributed by atoms with van der Waals surface area (Å²) in [5.74, 6) is 0.764. The molecule has 0 aromatic heterocycles. The molecule has 1 saturated heterocycles. The zero-order chi connectivity index (χ0) is 17.0. The number of hydrogen-bond donors (Lipinski definition) is 0. The number of carbonyl (C=O) groups excluding carboxylic acids is 2. The average Bonchev–Trinajstić information content (AvgIpc) is 2.96. The average molecular weight is 342 g/mol. The van der Waals surface area contributed by atoms with Crippen molar-refractivity contribution in [2.45, 2.75) is 52.2 Å². The van der Waals surface area contributed by atoms with Crippen LogP contribution in [0.1, 0.15) is 40.5 Å².